The molecule has 0 radical (unpaired) electrons. The van der Waals surface area contributed by atoms with Crippen LogP contribution < -0.4 is 4.90 Å². The van der Waals surface area contributed by atoms with E-state index in [4.69, 9.17) is 0 Å². The lowest BCUT2D eigenvalue weighted by Gasteiger charge is -2.30. The first kappa shape index (κ1) is 15.6. The van der Waals surface area contributed by atoms with Crippen molar-refractivity contribution < 1.29 is 4.79 Å². The van der Waals surface area contributed by atoms with Gasteiger partial charge in [-0.25, -0.2) is 0 Å². The van der Waals surface area contributed by atoms with Gasteiger partial charge in [0.15, 0.2) is 5.65 Å². The summed E-state index contributed by atoms with van der Waals surface area (Å²) in [4.78, 5) is 17.5. The second-order valence-electron chi connectivity index (χ2n) is 6.52. The van der Waals surface area contributed by atoms with Gasteiger partial charge in [0, 0.05) is 38.1 Å². The number of hydrogen-bond donors (Lipinski definition) is 0. The van der Waals surface area contributed by atoms with E-state index < -0.39 is 0 Å². The number of hydrogen-bond acceptors (Lipinski definition) is 4. The van der Waals surface area contributed by atoms with Gasteiger partial charge in [-0.3, -0.25) is 9.20 Å². The van der Waals surface area contributed by atoms with Gasteiger partial charge in [0.1, 0.15) is 6.33 Å². The SMILES string of the molecule is CC[C@H]1CN(C)c2ccccc2CN1C(=O)c1ccc2nncn2c1. The number of rotatable bonds is 2. The van der Waals surface area contributed by atoms with E-state index in [2.05, 4.69) is 41.2 Å². The number of para-hydroxylation sites is 1. The molecule has 128 valence electrons. The highest BCUT2D eigenvalue weighted by atomic mass is 16.2. The number of anilines is 1. The Labute approximate surface area is 146 Å². The summed E-state index contributed by atoms with van der Waals surface area (Å²) in [6.07, 6.45) is 4.35. The van der Waals surface area contributed by atoms with Gasteiger partial charge < -0.3 is 9.80 Å². The number of carbonyl (C=O) groups excluding carboxylic acids is 1. The van der Waals surface area contributed by atoms with Gasteiger partial charge in [-0.15, -0.1) is 10.2 Å². The summed E-state index contributed by atoms with van der Waals surface area (Å²) in [5.41, 5.74) is 3.78. The lowest BCUT2D eigenvalue weighted by atomic mass is 10.1. The van der Waals surface area contributed by atoms with Gasteiger partial charge in [-0.05, 0) is 30.2 Å². The van der Waals surface area contributed by atoms with E-state index in [0.717, 1.165) is 18.6 Å². The normalized spacial score (nSPS) is 17.4. The summed E-state index contributed by atoms with van der Waals surface area (Å²) >= 11 is 0. The average molecular weight is 335 g/mol. The molecule has 0 N–H and O–H groups in total. The number of likely N-dealkylation sites (N-methyl/N-ethyl adjacent to an activating group) is 1. The van der Waals surface area contributed by atoms with Crippen LogP contribution in [0.15, 0.2) is 48.9 Å². The van der Waals surface area contributed by atoms with Crippen LogP contribution >= 0.6 is 0 Å². The molecule has 0 spiro atoms. The van der Waals surface area contributed by atoms with E-state index in [1.54, 1.807) is 10.7 Å². The van der Waals surface area contributed by atoms with Crippen molar-refractivity contribution in [3.8, 4) is 0 Å². The van der Waals surface area contributed by atoms with Crippen molar-refractivity contribution in [1.29, 1.82) is 0 Å². The quantitative estimate of drug-likeness (QED) is 0.722. The first-order valence-electron chi connectivity index (χ1n) is 8.56. The maximum Gasteiger partial charge on any atom is 0.255 e. The van der Waals surface area contributed by atoms with E-state index in [1.165, 1.54) is 11.3 Å². The first-order chi connectivity index (χ1) is 12.2. The molecule has 0 unspecified atom stereocenters. The third-order valence-electron chi connectivity index (χ3n) is 4.94. The number of fused-ring (bicyclic) bond motifs is 2. The van der Waals surface area contributed by atoms with E-state index in [0.29, 0.717) is 12.1 Å². The van der Waals surface area contributed by atoms with Crippen LogP contribution in [-0.2, 0) is 6.54 Å². The fraction of sp³-hybridized carbons (Fsp3) is 0.316. The maximum absolute atomic E-state index is 13.3. The zero-order valence-electron chi connectivity index (χ0n) is 14.5. The molecule has 1 atom stereocenters. The van der Waals surface area contributed by atoms with Gasteiger partial charge in [-0.1, -0.05) is 25.1 Å². The molecule has 1 amide bonds. The number of nitrogens with zero attached hydrogens (tertiary/aromatic N) is 5. The molecule has 25 heavy (non-hydrogen) atoms. The van der Waals surface area contributed by atoms with Gasteiger partial charge in [0.05, 0.1) is 5.56 Å². The molecule has 2 aromatic heterocycles. The van der Waals surface area contributed by atoms with Crippen LogP contribution in [0, 0.1) is 0 Å². The third-order valence-corrected chi connectivity index (χ3v) is 4.94. The van der Waals surface area contributed by atoms with E-state index in [9.17, 15) is 4.79 Å². The van der Waals surface area contributed by atoms with Crippen molar-refractivity contribution >= 4 is 17.2 Å². The van der Waals surface area contributed by atoms with Gasteiger partial charge in [0.25, 0.3) is 5.91 Å². The van der Waals surface area contributed by atoms with Crippen molar-refractivity contribution in [2.75, 3.05) is 18.5 Å². The Hall–Kier alpha value is -2.89. The molecular weight excluding hydrogens is 314 g/mol. The van der Waals surface area contributed by atoms with Crippen molar-refractivity contribution in [3.63, 3.8) is 0 Å². The second kappa shape index (κ2) is 6.20. The maximum atomic E-state index is 13.3. The Kier molecular flexibility index (Phi) is 3.87. The van der Waals surface area contributed by atoms with E-state index in [-0.39, 0.29) is 11.9 Å². The molecule has 0 bridgehead atoms. The minimum atomic E-state index is 0.0487. The highest BCUT2D eigenvalue weighted by Gasteiger charge is 2.29. The summed E-state index contributed by atoms with van der Waals surface area (Å²) in [5, 5.41) is 7.88. The van der Waals surface area contributed by atoms with Crippen LogP contribution in [0.25, 0.3) is 5.65 Å². The second-order valence-corrected chi connectivity index (χ2v) is 6.52. The molecule has 6 heteroatoms. The molecule has 3 heterocycles. The van der Waals surface area contributed by atoms with Crippen molar-refractivity contribution in [2.24, 2.45) is 0 Å². The molecule has 6 nitrogen and oxygen atoms in total. The predicted molar refractivity (Wildman–Crippen MR) is 96.7 cm³/mol. The Morgan fingerprint density at radius 1 is 1.24 bits per heavy atom. The summed E-state index contributed by atoms with van der Waals surface area (Å²) in [7, 11) is 2.10. The van der Waals surface area contributed by atoms with Gasteiger partial charge in [-0.2, -0.15) is 0 Å². The smallest absolute Gasteiger partial charge is 0.255 e. The third kappa shape index (κ3) is 2.73. The Bertz CT molecular complexity index is 919. The fourth-order valence-electron chi connectivity index (χ4n) is 3.55. The van der Waals surface area contributed by atoms with Gasteiger partial charge >= 0.3 is 0 Å². The largest absolute Gasteiger partial charge is 0.372 e. The van der Waals surface area contributed by atoms with Crippen LogP contribution in [0.4, 0.5) is 5.69 Å². The molecule has 3 aromatic rings. The number of pyridine rings is 1. The molecular formula is C19H21N5O. The Morgan fingerprint density at radius 2 is 2.08 bits per heavy atom. The van der Waals surface area contributed by atoms with Crippen LogP contribution in [0.1, 0.15) is 29.3 Å². The zero-order valence-corrected chi connectivity index (χ0v) is 14.5. The van der Waals surface area contributed by atoms with Crippen molar-refractivity contribution in [1.82, 2.24) is 19.5 Å². The highest BCUT2D eigenvalue weighted by molar-refractivity contribution is 5.94. The van der Waals surface area contributed by atoms with Crippen molar-refractivity contribution in [2.45, 2.75) is 25.9 Å². The van der Waals surface area contributed by atoms with Crippen LogP contribution in [0.2, 0.25) is 0 Å². The molecule has 1 aliphatic heterocycles. The standard InChI is InChI=1S/C19H21N5O/c1-3-16-12-22(2)17-7-5-4-6-14(17)11-24(16)19(25)15-8-9-18-21-20-13-23(18)10-15/h4-10,13,16H,3,11-12H2,1-2H3/t16-/m0/s1. The summed E-state index contributed by atoms with van der Waals surface area (Å²) in [6, 6.07) is 12.1. The fourth-order valence-corrected chi connectivity index (χ4v) is 3.55. The number of benzene rings is 1. The topological polar surface area (TPSA) is 53.7 Å². The number of aromatic nitrogens is 3. The number of carbonyl (C=O) groups is 1. The number of amides is 1. The van der Waals surface area contributed by atoms with E-state index in [1.807, 2.05) is 35.4 Å². The monoisotopic (exact) mass is 335 g/mol. The Morgan fingerprint density at radius 3 is 2.92 bits per heavy atom. The van der Waals surface area contributed by atoms with Gasteiger partial charge in [0.2, 0.25) is 0 Å². The average Bonchev–Trinajstić information content (AvgIpc) is 3.06. The van der Waals surface area contributed by atoms with Crippen molar-refractivity contribution in [3.05, 3.63) is 60.0 Å². The van der Waals surface area contributed by atoms with E-state index >= 15 is 0 Å². The molecule has 0 saturated carbocycles. The molecule has 1 aromatic carbocycles. The zero-order chi connectivity index (χ0) is 17.4. The molecule has 1 aliphatic rings. The molecule has 4 rings (SSSR count). The summed E-state index contributed by atoms with van der Waals surface area (Å²) < 4.78 is 1.78. The predicted octanol–water partition coefficient (Wildman–Crippen LogP) is 2.60. The highest BCUT2D eigenvalue weighted by Crippen LogP contribution is 2.28. The summed E-state index contributed by atoms with van der Waals surface area (Å²) in [6.45, 7) is 3.59. The molecule has 0 aliphatic carbocycles. The summed E-state index contributed by atoms with van der Waals surface area (Å²) in [5.74, 6) is 0.0487. The van der Waals surface area contributed by atoms with Crippen LogP contribution in [-0.4, -0.2) is 45.0 Å². The lowest BCUT2D eigenvalue weighted by Crippen LogP contribution is -2.43. The minimum absolute atomic E-state index is 0.0487. The minimum Gasteiger partial charge on any atom is -0.372 e. The Balaban J connectivity index is 1.72. The van der Waals surface area contributed by atoms with Crippen LogP contribution in [0.3, 0.4) is 0 Å². The van der Waals surface area contributed by atoms with Crippen LogP contribution in [0.5, 0.6) is 0 Å². The molecule has 0 fully saturated rings. The first-order valence-corrected chi connectivity index (χ1v) is 8.56. The lowest BCUT2D eigenvalue weighted by molar-refractivity contribution is 0.0667. The molecule has 0 saturated heterocycles.